The molecule has 26 heavy (non-hydrogen) atoms. The predicted octanol–water partition coefficient (Wildman–Crippen LogP) is 2.25. The SMILES string of the molecule is O=C(Nc1ccc(N2CCOCC2)cc1)[C@H]1CC(=O)N(C2CCCC2)C1. The number of amides is 2. The highest BCUT2D eigenvalue weighted by atomic mass is 16.5. The summed E-state index contributed by atoms with van der Waals surface area (Å²) in [5, 5.41) is 2.98. The average molecular weight is 357 g/mol. The summed E-state index contributed by atoms with van der Waals surface area (Å²) < 4.78 is 5.38. The Hall–Kier alpha value is -2.08. The quantitative estimate of drug-likeness (QED) is 0.898. The highest BCUT2D eigenvalue weighted by molar-refractivity contribution is 5.97. The Morgan fingerprint density at radius 3 is 2.46 bits per heavy atom. The number of anilines is 2. The lowest BCUT2D eigenvalue weighted by Gasteiger charge is -2.29. The Morgan fingerprint density at radius 1 is 1.08 bits per heavy atom. The van der Waals surface area contributed by atoms with Crippen LogP contribution < -0.4 is 10.2 Å². The Balaban J connectivity index is 1.33. The molecule has 3 aliphatic rings. The monoisotopic (exact) mass is 357 g/mol. The highest BCUT2D eigenvalue weighted by Crippen LogP contribution is 2.30. The average Bonchev–Trinajstić information content (AvgIpc) is 3.32. The van der Waals surface area contributed by atoms with E-state index in [9.17, 15) is 9.59 Å². The molecule has 0 unspecified atom stereocenters. The van der Waals surface area contributed by atoms with Crippen molar-refractivity contribution in [2.45, 2.75) is 38.1 Å². The lowest BCUT2D eigenvalue weighted by molar-refractivity contribution is -0.129. The number of nitrogens with zero attached hydrogens (tertiary/aromatic N) is 2. The van der Waals surface area contributed by atoms with Gasteiger partial charge in [0, 0.05) is 43.5 Å². The van der Waals surface area contributed by atoms with E-state index in [2.05, 4.69) is 10.2 Å². The van der Waals surface area contributed by atoms with Gasteiger partial charge in [-0.15, -0.1) is 0 Å². The third kappa shape index (κ3) is 3.70. The van der Waals surface area contributed by atoms with Gasteiger partial charge < -0.3 is 19.9 Å². The minimum atomic E-state index is -0.234. The molecule has 140 valence electrons. The zero-order valence-electron chi connectivity index (χ0n) is 15.2. The highest BCUT2D eigenvalue weighted by Gasteiger charge is 2.38. The van der Waals surface area contributed by atoms with Crippen molar-refractivity contribution in [2.24, 2.45) is 5.92 Å². The molecule has 2 aliphatic heterocycles. The molecular weight excluding hydrogens is 330 g/mol. The van der Waals surface area contributed by atoms with Gasteiger partial charge in [0.25, 0.3) is 0 Å². The van der Waals surface area contributed by atoms with Crippen molar-refractivity contribution >= 4 is 23.2 Å². The molecule has 2 heterocycles. The van der Waals surface area contributed by atoms with Crippen LogP contribution in [0.4, 0.5) is 11.4 Å². The number of hydrogen-bond donors (Lipinski definition) is 1. The lowest BCUT2D eigenvalue weighted by Crippen LogP contribution is -2.36. The maximum atomic E-state index is 12.6. The first-order valence-electron chi connectivity index (χ1n) is 9.74. The number of carbonyl (C=O) groups excluding carboxylic acids is 2. The van der Waals surface area contributed by atoms with Crippen molar-refractivity contribution in [3.05, 3.63) is 24.3 Å². The smallest absolute Gasteiger partial charge is 0.229 e. The minimum Gasteiger partial charge on any atom is -0.378 e. The van der Waals surface area contributed by atoms with Crippen LogP contribution in [-0.2, 0) is 14.3 Å². The summed E-state index contributed by atoms with van der Waals surface area (Å²) in [6, 6.07) is 8.30. The van der Waals surface area contributed by atoms with Gasteiger partial charge in [-0.05, 0) is 37.1 Å². The van der Waals surface area contributed by atoms with Gasteiger partial charge in [-0.2, -0.15) is 0 Å². The van der Waals surface area contributed by atoms with Crippen molar-refractivity contribution in [2.75, 3.05) is 43.1 Å². The predicted molar refractivity (Wildman–Crippen MR) is 100 cm³/mol. The summed E-state index contributed by atoms with van der Waals surface area (Å²) in [5.74, 6) is -0.139. The molecule has 4 rings (SSSR count). The van der Waals surface area contributed by atoms with E-state index in [-0.39, 0.29) is 17.7 Å². The third-order valence-corrected chi connectivity index (χ3v) is 5.81. The van der Waals surface area contributed by atoms with E-state index in [1.54, 1.807) is 0 Å². The zero-order chi connectivity index (χ0) is 17.9. The molecule has 0 bridgehead atoms. The molecule has 2 amide bonds. The van der Waals surface area contributed by atoms with Crippen LogP contribution in [0.15, 0.2) is 24.3 Å². The van der Waals surface area contributed by atoms with Crippen LogP contribution >= 0.6 is 0 Å². The van der Waals surface area contributed by atoms with Crippen molar-refractivity contribution in [3.63, 3.8) is 0 Å². The Labute approximate surface area is 154 Å². The molecule has 0 spiro atoms. The molecule has 1 aromatic rings. The number of likely N-dealkylation sites (tertiary alicyclic amines) is 1. The molecule has 1 atom stereocenters. The molecule has 0 radical (unpaired) electrons. The summed E-state index contributed by atoms with van der Waals surface area (Å²) in [6.07, 6.45) is 4.90. The topological polar surface area (TPSA) is 61.9 Å². The lowest BCUT2D eigenvalue weighted by atomic mass is 10.1. The fraction of sp³-hybridized carbons (Fsp3) is 0.600. The minimum absolute atomic E-state index is 0.0435. The van der Waals surface area contributed by atoms with Gasteiger partial charge in [0.1, 0.15) is 0 Å². The fourth-order valence-electron chi connectivity index (χ4n) is 4.30. The van der Waals surface area contributed by atoms with Crippen molar-refractivity contribution in [1.82, 2.24) is 4.90 Å². The first-order chi connectivity index (χ1) is 12.7. The van der Waals surface area contributed by atoms with Gasteiger partial charge in [0.2, 0.25) is 11.8 Å². The van der Waals surface area contributed by atoms with E-state index in [0.717, 1.165) is 50.5 Å². The van der Waals surface area contributed by atoms with Gasteiger partial charge in [-0.25, -0.2) is 0 Å². The van der Waals surface area contributed by atoms with E-state index in [1.165, 1.54) is 12.8 Å². The number of ether oxygens (including phenoxy) is 1. The second-order valence-corrected chi connectivity index (χ2v) is 7.52. The van der Waals surface area contributed by atoms with E-state index in [0.29, 0.717) is 19.0 Å². The third-order valence-electron chi connectivity index (χ3n) is 5.81. The second kappa shape index (κ2) is 7.66. The van der Waals surface area contributed by atoms with Gasteiger partial charge >= 0.3 is 0 Å². The van der Waals surface area contributed by atoms with Crippen LogP contribution in [0.3, 0.4) is 0 Å². The van der Waals surface area contributed by atoms with Crippen LogP contribution in [-0.4, -0.2) is 55.6 Å². The van der Waals surface area contributed by atoms with Crippen LogP contribution in [0.2, 0.25) is 0 Å². The van der Waals surface area contributed by atoms with Gasteiger partial charge in [-0.1, -0.05) is 12.8 Å². The van der Waals surface area contributed by atoms with Crippen molar-refractivity contribution in [1.29, 1.82) is 0 Å². The number of rotatable bonds is 4. The molecule has 2 saturated heterocycles. The van der Waals surface area contributed by atoms with Gasteiger partial charge in [0.15, 0.2) is 0 Å². The molecular formula is C20H27N3O3. The summed E-state index contributed by atoms with van der Waals surface area (Å²) in [5.41, 5.74) is 1.94. The van der Waals surface area contributed by atoms with Gasteiger partial charge in [0.05, 0.1) is 19.1 Å². The molecule has 1 N–H and O–H groups in total. The zero-order valence-corrected chi connectivity index (χ0v) is 15.2. The molecule has 1 aliphatic carbocycles. The van der Waals surface area contributed by atoms with Crippen LogP contribution in [0.25, 0.3) is 0 Å². The van der Waals surface area contributed by atoms with E-state index in [1.807, 2.05) is 29.2 Å². The summed E-state index contributed by atoms with van der Waals surface area (Å²) >= 11 is 0. The maximum Gasteiger partial charge on any atom is 0.229 e. The van der Waals surface area contributed by atoms with Gasteiger partial charge in [-0.3, -0.25) is 9.59 Å². The molecule has 1 saturated carbocycles. The summed E-state index contributed by atoms with van der Waals surface area (Å²) in [4.78, 5) is 29.1. The van der Waals surface area contributed by atoms with E-state index in [4.69, 9.17) is 4.74 Å². The van der Waals surface area contributed by atoms with Crippen LogP contribution in [0, 0.1) is 5.92 Å². The van der Waals surface area contributed by atoms with Crippen molar-refractivity contribution in [3.8, 4) is 0 Å². The Kier molecular flexibility index (Phi) is 5.11. The fourth-order valence-corrected chi connectivity index (χ4v) is 4.30. The number of benzene rings is 1. The second-order valence-electron chi connectivity index (χ2n) is 7.52. The number of hydrogen-bond acceptors (Lipinski definition) is 4. The first-order valence-corrected chi connectivity index (χ1v) is 9.74. The molecule has 1 aromatic carbocycles. The number of morpholine rings is 1. The molecule has 0 aromatic heterocycles. The molecule has 6 nitrogen and oxygen atoms in total. The Morgan fingerprint density at radius 2 is 1.77 bits per heavy atom. The normalized spacial score (nSPS) is 24.3. The first kappa shape index (κ1) is 17.3. The summed E-state index contributed by atoms with van der Waals surface area (Å²) in [7, 11) is 0. The van der Waals surface area contributed by atoms with E-state index >= 15 is 0 Å². The molecule has 6 heteroatoms. The number of carbonyl (C=O) groups is 2. The standard InChI is InChI=1S/C20H27N3O3/c24-19-13-15(14-23(19)18-3-1-2-4-18)20(25)21-16-5-7-17(8-6-16)22-9-11-26-12-10-22/h5-8,15,18H,1-4,9-14H2,(H,21,25)/t15-/m0/s1. The maximum absolute atomic E-state index is 12.6. The summed E-state index contributed by atoms with van der Waals surface area (Å²) in [6.45, 7) is 3.87. The van der Waals surface area contributed by atoms with Crippen molar-refractivity contribution < 1.29 is 14.3 Å². The van der Waals surface area contributed by atoms with Crippen LogP contribution in [0.5, 0.6) is 0 Å². The molecule has 3 fully saturated rings. The van der Waals surface area contributed by atoms with Crippen LogP contribution in [0.1, 0.15) is 32.1 Å². The van der Waals surface area contributed by atoms with E-state index < -0.39 is 0 Å². The largest absolute Gasteiger partial charge is 0.378 e. The number of nitrogens with one attached hydrogen (secondary N) is 1. The Bertz CT molecular complexity index is 649.